The zero-order chi connectivity index (χ0) is 16.1. The molecule has 2 atom stereocenters. The molecule has 0 spiro atoms. The van der Waals surface area contributed by atoms with Crippen LogP contribution in [-0.4, -0.2) is 24.7 Å². The minimum Gasteiger partial charge on any atom is -0.388 e. The monoisotopic (exact) mass is 305 g/mol. The molecule has 0 radical (unpaired) electrons. The van der Waals surface area contributed by atoms with Gasteiger partial charge in [-0.2, -0.15) is 0 Å². The number of carbonyl (C=O) groups is 1. The van der Waals surface area contributed by atoms with Gasteiger partial charge in [-0.15, -0.1) is 0 Å². The first-order valence-electron chi connectivity index (χ1n) is 8.10. The Hall–Kier alpha value is -1.39. The molecule has 1 aliphatic carbocycles. The predicted octanol–water partition coefficient (Wildman–Crippen LogP) is 2.91. The maximum atomic E-state index is 11.8. The number of fused-ring (bicyclic) bond motifs is 1. The van der Waals surface area contributed by atoms with E-state index in [-0.39, 0.29) is 18.6 Å². The van der Waals surface area contributed by atoms with Crippen LogP contribution < -0.4 is 5.32 Å². The summed E-state index contributed by atoms with van der Waals surface area (Å²) >= 11 is 0. The molecule has 4 heteroatoms. The van der Waals surface area contributed by atoms with E-state index in [4.69, 9.17) is 4.74 Å². The van der Waals surface area contributed by atoms with E-state index in [0.717, 1.165) is 36.8 Å². The van der Waals surface area contributed by atoms with E-state index in [2.05, 4.69) is 31.3 Å². The van der Waals surface area contributed by atoms with Gasteiger partial charge in [0.15, 0.2) is 0 Å². The Balaban J connectivity index is 2.18. The Labute approximate surface area is 132 Å². The number of carbonyl (C=O) groups excluding carboxylic acids is 1. The van der Waals surface area contributed by atoms with Gasteiger partial charge >= 0.3 is 0 Å². The summed E-state index contributed by atoms with van der Waals surface area (Å²) in [7, 11) is 1.52. The van der Waals surface area contributed by atoms with Gasteiger partial charge in [0, 0.05) is 7.11 Å². The Morgan fingerprint density at radius 3 is 2.91 bits per heavy atom. The van der Waals surface area contributed by atoms with Crippen molar-refractivity contribution in [1.82, 2.24) is 5.32 Å². The fourth-order valence-electron chi connectivity index (χ4n) is 3.12. The molecule has 2 rings (SSSR count). The molecule has 0 aliphatic heterocycles. The fourth-order valence-corrected chi connectivity index (χ4v) is 3.12. The first-order chi connectivity index (χ1) is 10.5. The summed E-state index contributed by atoms with van der Waals surface area (Å²) < 4.78 is 4.89. The molecular formula is C18H27NO3. The van der Waals surface area contributed by atoms with Gasteiger partial charge in [0.25, 0.3) is 0 Å². The maximum absolute atomic E-state index is 11.8. The Kier molecular flexibility index (Phi) is 5.98. The molecule has 22 heavy (non-hydrogen) atoms. The summed E-state index contributed by atoms with van der Waals surface area (Å²) in [6.45, 7) is 4.30. The van der Waals surface area contributed by atoms with Crippen molar-refractivity contribution >= 4 is 5.91 Å². The number of ether oxygens (including phenoxy) is 1. The summed E-state index contributed by atoms with van der Waals surface area (Å²) in [5, 5.41) is 13.4. The molecule has 0 saturated carbocycles. The zero-order valence-electron chi connectivity index (χ0n) is 13.8. The van der Waals surface area contributed by atoms with Crippen LogP contribution in [0.3, 0.4) is 0 Å². The highest BCUT2D eigenvalue weighted by Gasteiger charge is 2.23. The largest absolute Gasteiger partial charge is 0.388 e. The van der Waals surface area contributed by atoms with E-state index in [9.17, 15) is 9.90 Å². The number of aliphatic hydroxyl groups excluding tert-OH is 1. The fraction of sp³-hybridized carbons (Fsp3) is 0.611. The van der Waals surface area contributed by atoms with Gasteiger partial charge in [0.05, 0.1) is 12.1 Å². The van der Waals surface area contributed by atoms with Crippen LogP contribution in [0.4, 0.5) is 0 Å². The Bertz CT molecular complexity index is 513. The van der Waals surface area contributed by atoms with Crippen molar-refractivity contribution in [3.8, 4) is 0 Å². The maximum Gasteiger partial charge on any atom is 0.246 e. The molecule has 1 amide bonds. The lowest BCUT2D eigenvalue weighted by atomic mass is 9.85. The lowest BCUT2D eigenvalue weighted by molar-refractivity contribution is -0.125. The number of methoxy groups -OCH3 is 1. The molecule has 0 aromatic heterocycles. The van der Waals surface area contributed by atoms with Crippen LogP contribution >= 0.6 is 0 Å². The number of aryl methyl sites for hydroxylation is 1. The summed E-state index contributed by atoms with van der Waals surface area (Å²) in [5.41, 5.74) is 3.37. The first-order valence-corrected chi connectivity index (χ1v) is 8.10. The molecule has 0 saturated heterocycles. The van der Waals surface area contributed by atoms with Gasteiger partial charge in [-0.25, -0.2) is 0 Å². The van der Waals surface area contributed by atoms with Crippen molar-refractivity contribution in [3.05, 3.63) is 34.9 Å². The van der Waals surface area contributed by atoms with Gasteiger partial charge in [0.1, 0.15) is 6.61 Å². The Morgan fingerprint density at radius 2 is 2.23 bits per heavy atom. The molecule has 1 aromatic carbocycles. The van der Waals surface area contributed by atoms with Crippen LogP contribution in [0.2, 0.25) is 0 Å². The topological polar surface area (TPSA) is 58.6 Å². The van der Waals surface area contributed by atoms with E-state index < -0.39 is 6.10 Å². The molecule has 2 N–H and O–H groups in total. The number of amides is 1. The molecular weight excluding hydrogens is 278 g/mol. The average Bonchev–Trinajstić information content (AvgIpc) is 2.46. The second-order valence-electron chi connectivity index (χ2n) is 6.55. The van der Waals surface area contributed by atoms with E-state index in [0.29, 0.717) is 5.92 Å². The average molecular weight is 305 g/mol. The minimum absolute atomic E-state index is 0.0256. The standard InChI is InChI=1S/C18H27NO3/c1-12(2)9-17(20)14-8-7-13-5-4-6-16(15(13)10-14)19-18(21)11-22-3/h7-8,10,12,16-17,20H,4-6,9,11H2,1-3H3,(H,19,21). The van der Waals surface area contributed by atoms with Crippen molar-refractivity contribution in [2.45, 2.75) is 51.7 Å². The highest BCUT2D eigenvalue weighted by Crippen LogP contribution is 2.33. The molecule has 0 bridgehead atoms. The van der Waals surface area contributed by atoms with Crippen LogP contribution in [0.15, 0.2) is 18.2 Å². The first kappa shape index (κ1) is 17.0. The molecule has 0 fully saturated rings. The minimum atomic E-state index is -0.442. The van der Waals surface area contributed by atoms with Crippen LogP contribution in [0, 0.1) is 5.92 Å². The summed E-state index contributed by atoms with van der Waals surface area (Å²) in [5.74, 6) is 0.358. The number of hydrogen-bond acceptors (Lipinski definition) is 3. The zero-order valence-corrected chi connectivity index (χ0v) is 13.8. The quantitative estimate of drug-likeness (QED) is 0.849. The van der Waals surface area contributed by atoms with E-state index in [1.807, 2.05) is 6.07 Å². The van der Waals surface area contributed by atoms with Crippen molar-refractivity contribution in [3.63, 3.8) is 0 Å². The molecule has 4 nitrogen and oxygen atoms in total. The van der Waals surface area contributed by atoms with Crippen LogP contribution in [0.25, 0.3) is 0 Å². The number of benzene rings is 1. The van der Waals surface area contributed by atoms with E-state index in [1.54, 1.807) is 0 Å². The Morgan fingerprint density at radius 1 is 1.45 bits per heavy atom. The lowest BCUT2D eigenvalue weighted by Gasteiger charge is -2.28. The second-order valence-corrected chi connectivity index (χ2v) is 6.55. The summed E-state index contributed by atoms with van der Waals surface area (Å²) in [6.07, 6.45) is 3.35. The highest BCUT2D eigenvalue weighted by molar-refractivity contribution is 5.77. The van der Waals surface area contributed by atoms with Gasteiger partial charge in [-0.05, 0) is 48.3 Å². The van der Waals surface area contributed by atoms with Crippen molar-refractivity contribution in [1.29, 1.82) is 0 Å². The number of hydrogen-bond donors (Lipinski definition) is 2. The summed E-state index contributed by atoms with van der Waals surface area (Å²) in [6, 6.07) is 6.21. The third kappa shape index (κ3) is 4.31. The van der Waals surface area contributed by atoms with Gasteiger partial charge in [0.2, 0.25) is 5.91 Å². The van der Waals surface area contributed by atoms with E-state index >= 15 is 0 Å². The molecule has 0 heterocycles. The smallest absolute Gasteiger partial charge is 0.246 e. The van der Waals surface area contributed by atoms with Crippen molar-refractivity contribution in [2.75, 3.05) is 13.7 Å². The van der Waals surface area contributed by atoms with Gasteiger partial charge in [-0.1, -0.05) is 32.0 Å². The van der Waals surface area contributed by atoms with Crippen LogP contribution in [-0.2, 0) is 16.0 Å². The SMILES string of the molecule is COCC(=O)NC1CCCc2ccc(C(O)CC(C)C)cc21. The molecule has 1 aliphatic rings. The van der Waals surface area contributed by atoms with Crippen molar-refractivity contribution < 1.29 is 14.6 Å². The van der Waals surface area contributed by atoms with E-state index in [1.165, 1.54) is 12.7 Å². The van der Waals surface area contributed by atoms with Gasteiger partial charge in [-0.3, -0.25) is 4.79 Å². The second kappa shape index (κ2) is 7.75. The number of nitrogens with one attached hydrogen (secondary N) is 1. The lowest BCUT2D eigenvalue weighted by Crippen LogP contribution is -2.33. The highest BCUT2D eigenvalue weighted by atomic mass is 16.5. The molecule has 1 aromatic rings. The number of rotatable bonds is 6. The van der Waals surface area contributed by atoms with Gasteiger partial charge < -0.3 is 15.2 Å². The van der Waals surface area contributed by atoms with Crippen LogP contribution in [0.5, 0.6) is 0 Å². The molecule has 2 unspecified atom stereocenters. The third-order valence-electron chi connectivity index (χ3n) is 4.17. The van der Waals surface area contributed by atoms with Crippen LogP contribution in [0.1, 0.15) is 61.9 Å². The predicted molar refractivity (Wildman–Crippen MR) is 86.6 cm³/mol. The summed E-state index contributed by atoms with van der Waals surface area (Å²) in [4.78, 5) is 11.8. The molecule has 122 valence electrons. The third-order valence-corrected chi connectivity index (χ3v) is 4.17. The normalized spacial score (nSPS) is 18.9. The number of aliphatic hydroxyl groups is 1. The van der Waals surface area contributed by atoms with Crippen molar-refractivity contribution in [2.24, 2.45) is 5.92 Å².